The molecule has 0 radical (unpaired) electrons. The third kappa shape index (κ3) is 36.5. The van der Waals surface area contributed by atoms with Crippen LogP contribution in [0.3, 0.4) is 0 Å². The molecule has 0 bridgehead atoms. The largest absolute Gasteiger partial charge is 0.463 e. The van der Waals surface area contributed by atoms with Crippen LogP contribution < -0.4 is 0 Å². The molecule has 6 heteroatoms. The first kappa shape index (κ1) is 44.8. The minimum atomic E-state index is -1.04. The van der Waals surface area contributed by atoms with Gasteiger partial charge in [-0.25, -0.2) is 0 Å². The van der Waals surface area contributed by atoms with Gasteiger partial charge in [0.25, 0.3) is 0 Å². The van der Waals surface area contributed by atoms with Crippen LogP contribution in [0.4, 0.5) is 0 Å². The first-order valence-corrected chi connectivity index (χ1v) is 19.3. The number of unbranched alkanes of at least 4 members (excludes halogenated alkanes) is 17. The van der Waals surface area contributed by atoms with Gasteiger partial charge >= 0.3 is 11.9 Å². The maximum Gasteiger partial charge on any atom is 0.305 e. The van der Waals surface area contributed by atoms with Crippen molar-refractivity contribution in [3.8, 4) is 0 Å². The van der Waals surface area contributed by atoms with E-state index in [1.54, 1.807) is 6.08 Å². The average Bonchev–Trinajstić information content (AvgIpc) is 3.06. The van der Waals surface area contributed by atoms with E-state index in [0.29, 0.717) is 19.3 Å². The normalized spacial score (nSPS) is 13.4. The van der Waals surface area contributed by atoms with E-state index >= 15 is 0 Å². The summed E-state index contributed by atoms with van der Waals surface area (Å²) in [5, 5.41) is 20.1. The molecule has 0 aromatic heterocycles. The standard InChI is InChI=1S/C41H72O6/c1-3-5-7-9-11-13-15-17-18-20-22-24-26-28-30-34-40(44)46-36-39(43)37-47-41(45)35-31-33-38(42)32-29-27-25-23-21-19-16-14-12-10-8-6-4-2/h12,14,19,21,25,27,29,32,38-39,42-43H,3-11,13,15-18,20,22-24,26,28,30-31,33-37H2,1-2H3/b14-12-,21-19-,27-25-,32-29+/t38-,39+/m1/s1. The number of rotatable bonds is 34. The van der Waals surface area contributed by atoms with Crippen LogP contribution in [0.25, 0.3) is 0 Å². The Hall–Kier alpha value is -2.18. The van der Waals surface area contributed by atoms with Crippen molar-refractivity contribution in [2.45, 2.75) is 187 Å². The lowest BCUT2D eigenvalue weighted by Gasteiger charge is -2.12. The Morgan fingerprint density at radius 1 is 0.532 bits per heavy atom. The third-order valence-electron chi connectivity index (χ3n) is 8.17. The predicted octanol–water partition coefficient (Wildman–Crippen LogP) is 10.8. The monoisotopic (exact) mass is 661 g/mol. The Bertz CT molecular complexity index is 815. The quantitative estimate of drug-likeness (QED) is 0.0309. The Morgan fingerprint density at radius 3 is 1.53 bits per heavy atom. The molecule has 0 aliphatic heterocycles. The Morgan fingerprint density at radius 2 is 0.979 bits per heavy atom. The van der Waals surface area contributed by atoms with E-state index in [0.717, 1.165) is 38.5 Å². The SMILES string of the molecule is CCCCC/C=C\C/C=C\C/C=C\C=C\[C@@H](O)CCCC(=O)OC[C@@H](O)COC(=O)CCCCCCCCCCCCCCCCC. The van der Waals surface area contributed by atoms with Crippen molar-refractivity contribution in [3.05, 3.63) is 48.6 Å². The number of hydrogen-bond donors (Lipinski definition) is 2. The van der Waals surface area contributed by atoms with E-state index in [1.807, 2.05) is 18.2 Å². The van der Waals surface area contributed by atoms with Gasteiger partial charge in [-0.15, -0.1) is 0 Å². The van der Waals surface area contributed by atoms with Crippen LogP contribution in [0.1, 0.15) is 174 Å². The molecule has 0 amide bonds. The second-order valence-electron chi connectivity index (χ2n) is 12.9. The summed E-state index contributed by atoms with van der Waals surface area (Å²) >= 11 is 0. The van der Waals surface area contributed by atoms with E-state index in [-0.39, 0.29) is 25.6 Å². The number of aliphatic hydroxyl groups is 2. The minimum Gasteiger partial charge on any atom is -0.463 e. The second kappa shape index (κ2) is 36.7. The molecule has 0 unspecified atom stereocenters. The highest BCUT2D eigenvalue weighted by Crippen LogP contribution is 2.14. The molecule has 0 spiro atoms. The van der Waals surface area contributed by atoms with Crippen molar-refractivity contribution >= 4 is 11.9 Å². The van der Waals surface area contributed by atoms with Crippen LogP contribution in [-0.4, -0.2) is 47.6 Å². The summed E-state index contributed by atoms with van der Waals surface area (Å²) in [6.45, 7) is 4.10. The molecular weight excluding hydrogens is 588 g/mol. The molecule has 2 atom stereocenters. The number of allylic oxidation sites excluding steroid dienone is 7. The lowest BCUT2D eigenvalue weighted by Crippen LogP contribution is -2.25. The lowest BCUT2D eigenvalue weighted by molar-refractivity contribution is -0.152. The van der Waals surface area contributed by atoms with E-state index in [2.05, 4.69) is 38.2 Å². The summed E-state index contributed by atoms with van der Waals surface area (Å²) in [5.41, 5.74) is 0. The highest BCUT2D eigenvalue weighted by atomic mass is 16.6. The summed E-state index contributed by atoms with van der Waals surface area (Å²) in [4.78, 5) is 23.9. The van der Waals surface area contributed by atoms with E-state index in [4.69, 9.17) is 9.47 Å². The number of ether oxygens (including phenoxy) is 2. The van der Waals surface area contributed by atoms with Gasteiger partial charge in [0.15, 0.2) is 0 Å². The Balaban J connectivity index is 3.63. The predicted molar refractivity (Wildman–Crippen MR) is 197 cm³/mol. The highest BCUT2D eigenvalue weighted by molar-refractivity contribution is 5.69. The molecule has 0 aliphatic rings. The lowest BCUT2D eigenvalue weighted by atomic mass is 10.0. The van der Waals surface area contributed by atoms with Crippen LogP contribution in [0.5, 0.6) is 0 Å². The molecule has 272 valence electrons. The number of esters is 2. The Labute approximate surface area is 289 Å². The molecule has 0 rings (SSSR count). The van der Waals surface area contributed by atoms with Crippen molar-refractivity contribution in [3.63, 3.8) is 0 Å². The topological polar surface area (TPSA) is 93.1 Å². The molecule has 0 heterocycles. The number of carbonyl (C=O) groups is 2. The fraction of sp³-hybridized carbons (Fsp3) is 0.756. The zero-order valence-electron chi connectivity index (χ0n) is 30.4. The fourth-order valence-corrected chi connectivity index (χ4v) is 5.19. The summed E-state index contributed by atoms with van der Waals surface area (Å²) in [5.74, 6) is -0.758. The molecule has 0 aromatic carbocycles. The molecule has 0 saturated carbocycles. The zero-order chi connectivity index (χ0) is 34.5. The van der Waals surface area contributed by atoms with Gasteiger partial charge in [-0.05, 0) is 44.9 Å². The first-order chi connectivity index (χ1) is 23.0. The van der Waals surface area contributed by atoms with Crippen LogP contribution in [0, 0.1) is 0 Å². The molecule has 0 saturated heterocycles. The maximum absolute atomic E-state index is 12.0. The van der Waals surface area contributed by atoms with Crippen LogP contribution in [-0.2, 0) is 19.1 Å². The summed E-state index contributed by atoms with van der Waals surface area (Å²) in [6, 6.07) is 0. The summed E-state index contributed by atoms with van der Waals surface area (Å²) in [7, 11) is 0. The number of carbonyl (C=O) groups excluding carboxylic acids is 2. The van der Waals surface area contributed by atoms with Gasteiger partial charge < -0.3 is 19.7 Å². The molecule has 6 nitrogen and oxygen atoms in total. The average molecular weight is 661 g/mol. The smallest absolute Gasteiger partial charge is 0.305 e. The first-order valence-electron chi connectivity index (χ1n) is 19.3. The minimum absolute atomic E-state index is 0.157. The van der Waals surface area contributed by atoms with Gasteiger partial charge in [-0.1, -0.05) is 165 Å². The third-order valence-corrected chi connectivity index (χ3v) is 8.17. The molecule has 2 N–H and O–H groups in total. The van der Waals surface area contributed by atoms with Crippen molar-refractivity contribution in [1.29, 1.82) is 0 Å². The van der Waals surface area contributed by atoms with Gasteiger partial charge in [0.1, 0.15) is 19.3 Å². The van der Waals surface area contributed by atoms with E-state index in [1.165, 1.54) is 96.3 Å². The van der Waals surface area contributed by atoms with Gasteiger partial charge in [0, 0.05) is 12.8 Å². The number of aliphatic hydroxyl groups excluding tert-OH is 2. The van der Waals surface area contributed by atoms with Gasteiger partial charge in [-0.2, -0.15) is 0 Å². The van der Waals surface area contributed by atoms with E-state index in [9.17, 15) is 19.8 Å². The second-order valence-corrected chi connectivity index (χ2v) is 12.9. The van der Waals surface area contributed by atoms with Crippen LogP contribution in [0.15, 0.2) is 48.6 Å². The molecule has 47 heavy (non-hydrogen) atoms. The van der Waals surface area contributed by atoms with Crippen molar-refractivity contribution in [1.82, 2.24) is 0 Å². The Kier molecular flexibility index (Phi) is 35.0. The van der Waals surface area contributed by atoms with Gasteiger partial charge in [0.05, 0.1) is 6.10 Å². The molecule has 0 aliphatic carbocycles. The van der Waals surface area contributed by atoms with Crippen LogP contribution >= 0.6 is 0 Å². The fourth-order valence-electron chi connectivity index (χ4n) is 5.19. The van der Waals surface area contributed by atoms with Crippen molar-refractivity contribution in [2.24, 2.45) is 0 Å². The zero-order valence-corrected chi connectivity index (χ0v) is 30.4. The number of hydrogen-bond acceptors (Lipinski definition) is 6. The maximum atomic E-state index is 12.0. The highest BCUT2D eigenvalue weighted by Gasteiger charge is 2.12. The van der Waals surface area contributed by atoms with Crippen LogP contribution in [0.2, 0.25) is 0 Å². The molecule has 0 fully saturated rings. The molecule has 0 aromatic rings. The van der Waals surface area contributed by atoms with E-state index < -0.39 is 18.2 Å². The van der Waals surface area contributed by atoms with Crippen molar-refractivity contribution < 1.29 is 29.3 Å². The van der Waals surface area contributed by atoms with Crippen molar-refractivity contribution in [2.75, 3.05) is 13.2 Å². The molecular formula is C41H72O6. The summed E-state index contributed by atoms with van der Waals surface area (Å²) in [6.07, 6.45) is 41.9. The van der Waals surface area contributed by atoms with Gasteiger partial charge in [0.2, 0.25) is 0 Å². The summed E-state index contributed by atoms with van der Waals surface area (Å²) < 4.78 is 10.2. The van der Waals surface area contributed by atoms with Gasteiger partial charge in [-0.3, -0.25) is 9.59 Å².